The van der Waals surface area contributed by atoms with Crippen molar-refractivity contribution in [2.24, 2.45) is 4.99 Å². The number of aliphatic imine (C=N–C) groups is 1. The highest BCUT2D eigenvalue weighted by molar-refractivity contribution is 6.12. The van der Waals surface area contributed by atoms with E-state index in [-0.39, 0.29) is 35.6 Å². The van der Waals surface area contributed by atoms with Crippen LogP contribution in [0.1, 0.15) is 42.6 Å². The second-order valence-electron chi connectivity index (χ2n) is 8.72. The van der Waals surface area contributed by atoms with E-state index >= 15 is 0 Å². The van der Waals surface area contributed by atoms with Gasteiger partial charge in [-0.25, -0.2) is 18.8 Å². The highest BCUT2D eigenvalue weighted by Crippen LogP contribution is 2.34. The van der Waals surface area contributed by atoms with Crippen molar-refractivity contribution in [3.05, 3.63) is 59.8 Å². The standard InChI is InChI=1S/C25H24F2N4O4/c1-25(2)34-13-15(35-25)12-33-14-8-9-16(18(11-14)22(26)27)23-29-19-6-3-5-17(21(19)31-23)24(32)30-20-7-4-10-28-20/h3-6,8-11,15,22H,7,12-13H2,1-2H3,(H,29,31)(H,28,30,32)/t15-/m0/s1. The summed E-state index contributed by atoms with van der Waals surface area (Å²) in [5.41, 5.74) is 1.25. The molecule has 0 bridgehead atoms. The van der Waals surface area contributed by atoms with E-state index in [2.05, 4.69) is 20.3 Å². The highest BCUT2D eigenvalue weighted by Gasteiger charge is 2.33. The first-order valence-electron chi connectivity index (χ1n) is 11.2. The zero-order chi connectivity index (χ0) is 24.6. The third kappa shape index (κ3) is 4.94. The number of hydrogen-bond donors (Lipinski definition) is 2. The predicted molar refractivity (Wildman–Crippen MR) is 126 cm³/mol. The van der Waals surface area contributed by atoms with Gasteiger partial charge in [-0.1, -0.05) is 12.1 Å². The number of amides is 1. The summed E-state index contributed by atoms with van der Waals surface area (Å²) >= 11 is 0. The molecule has 2 aliphatic rings. The number of benzene rings is 2. The molecule has 1 amide bonds. The number of carbonyl (C=O) groups excluding carboxylic acids is 1. The number of fused-ring (bicyclic) bond motifs is 1. The Labute approximate surface area is 200 Å². The molecule has 3 aromatic rings. The van der Waals surface area contributed by atoms with Gasteiger partial charge in [-0.15, -0.1) is 0 Å². The molecule has 35 heavy (non-hydrogen) atoms. The molecule has 0 saturated carbocycles. The molecule has 2 aromatic carbocycles. The quantitative estimate of drug-likeness (QED) is 0.529. The van der Waals surface area contributed by atoms with Crippen molar-refractivity contribution >= 4 is 22.8 Å². The number of amidine groups is 1. The van der Waals surface area contributed by atoms with Gasteiger partial charge in [0.05, 0.1) is 17.7 Å². The third-order valence-corrected chi connectivity index (χ3v) is 5.68. The van der Waals surface area contributed by atoms with Crippen LogP contribution in [0.3, 0.4) is 0 Å². The predicted octanol–water partition coefficient (Wildman–Crippen LogP) is 4.74. The normalized spacial score (nSPS) is 18.9. The highest BCUT2D eigenvalue weighted by atomic mass is 19.3. The van der Waals surface area contributed by atoms with Crippen LogP contribution in [0, 0.1) is 0 Å². The lowest BCUT2D eigenvalue weighted by atomic mass is 10.1. The molecule has 1 atom stereocenters. The number of imidazole rings is 1. The Hall–Kier alpha value is -3.63. The van der Waals surface area contributed by atoms with Crippen LogP contribution >= 0.6 is 0 Å². The monoisotopic (exact) mass is 482 g/mol. The van der Waals surface area contributed by atoms with Gasteiger partial charge in [0.15, 0.2) is 5.79 Å². The fourth-order valence-corrected chi connectivity index (χ4v) is 4.05. The zero-order valence-electron chi connectivity index (χ0n) is 19.2. The lowest BCUT2D eigenvalue weighted by molar-refractivity contribution is -0.141. The smallest absolute Gasteiger partial charge is 0.264 e. The van der Waals surface area contributed by atoms with E-state index in [9.17, 15) is 13.6 Å². The molecule has 0 aliphatic carbocycles. The topological polar surface area (TPSA) is 97.8 Å². The van der Waals surface area contributed by atoms with Gasteiger partial charge < -0.3 is 24.5 Å². The summed E-state index contributed by atoms with van der Waals surface area (Å²) in [6.07, 6.45) is 0.944. The first-order chi connectivity index (χ1) is 16.8. The summed E-state index contributed by atoms with van der Waals surface area (Å²) in [5.74, 6) is 0.00672. The number of para-hydroxylation sites is 1. The number of hydrogen-bond acceptors (Lipinski definition) is 6. The molecule has 1 saturated heterocycles. The van der Waals surface area contributed by atoms with Gasteiger partial charge in [-0.2, -0.15) is 0 Å². The minimum Gasteiger partial charge on any atom is -0.491 e. The van der Waals surface area contributed by atoms with Crippen LogP contribution in [0.4, 0.5) is 8.78 Å². The van der Waals surface area contributed by atoms with Gasteiger partial charge in [0, 0.05) is 23.7 Å². The van der Waals surface area contributed by atoms with Gasteiger partial charge in [0.2, 0.25) is 0 Å². The molecular formula is C25H24F2N4O4. The van der Waals surface area contributed by atoms with Crippen LogP contribution in [0.5, 0.6) is 5.75 Å². The zero-order valence-corrected chi connectivity index (χ0v) is 19.2. The molecule has 2 aliphatic heterocycles. The number of halogens is 2. The Balaban J connectivity index is 1.40. The van der Waals surface area contributed by atoms with E-state index < -0.39 is 12.2 Å². The summed E-state index contributed by atoms with van der Waals surface area (Å²) in [6.45, 7) is 4.15. The minimum atomic E-state index is -2.76. The molecule has 182 valence electrons. The van der Waals surface area contributed by atoms with E-state index in [0.717, 1.165) is 0 Å². The molecule has 2 N–H and O–H groups in total. The summed E-state index contributed by atoms with van der Waals surface area (Å²) in [5, 5.41) is 2.75. The van der Waals surface area contributed by atoms with E-state index in [1.165, 1.54) is 12.1 Å². The molecule has 5 rings (SSSR count). The first-order valence-corrected chi connectivity index (χ1v) is 11.2. The maximum absolute atomic E-state index is 14.0. The SMILES string of the molecule is CC1(C)OC[C@H](COc2ccc(-c3nc4c(C(=O)NC5=NC=CC5)cccc4[nH]3)c(C(F)F)c2)O1. The fourth-order valence-electron chi connectivity index (χ4n) is 4.05. The number of aromatic amines is 1. The Morgan fingerprint density at radius 3 is 2.89 bits per heavy atom. The number of alkyl halides is 2. The lowest BCUT2D eigenvalue weighted by Crippen LogP contribution is -2.29. The average molecular weight is 482 g/mol. The summed E-state index contributed by atoms with van der Waals surface area (Å²) in [4.78, 5) is 24.4. The molecule has 3 heterocycles. The van der Waals surface area contributed by atoms with E-state index in [1.54, 1.807) is 44.3 Å². The van der Waals surface area contributed by atoms with Gasteiger partial charge in [0.1, 0.15) is 35.6 Å². The largest absolute Gasteiger partial charge is 0.491 e. The molecular weight excluding hydrogens is 458 g/mol. The van der Waals surface area contributed by atoms with Gasteiger partial charge in [-0.3, -0.25) is 4.79 Å². The number of ether oxygens (including phenoxy) is 3. The van der Waals surface area contributed by atoms with Gasteiger partial charge in [-0.05, 0) is 44.2 Å². The van der Waals surface area contributed by atoms with Crippen molar-refractivity contribution in [3.8, 4) is 17.1 Å². The van der Waals surface area contributed by atoms with Crippen LogP contribution in [0.25, 0.3) is 22.4 Å². The number of aromatic nitrogens is 2. The Morgan fingerprint density at radius 2 is 2.17 bits per heavy atom. The van der Waals surface area contributed by atoms with Crippen LogP contribution in [-0.4, -0.2) is 46.8 Å². The number of H-pyrrole nitrogens is 1. The van der Waals surface area contributed by atoms with E-state index in [4.69, 9.17) is 14.2 Å². The number of rotatable bonds is 6. The minimum absolute atomic E-state index is 0.176. The van der Waals surface area contributed by atoms with Crippen molar-refractivity contribution in [3.63, 3.8) is 0 Å². The maximum atomic E-state index is 14.0. The van der Waals surface area contributed by atoms with Crippen LogP contribution in [-0.2, 0) is 9.47 Å². The van der Waals surface area contributed by atoms with Crippen molar-refractivity contribution in [2.45, 2.75) is 38.6 Å². The van der Waals surface area contributed by atoms with Crippen molar-refractivity contribution in [1.29, 1.82) is 0 Å². The van der Waals surface area contributed by atoms with E-state index in [1.807, 2.05) is 6.08 Å². The molecule has 0 spiro atoms. The maximum Gasteiger partial charge on any atom is 0.264 e. The average Bonchev–Trinajstić information content (AvgIpc) is 3.56. The molecule has 8 nitrogen and oxygen atoms in total. The van der Waals surface area contributed by atoms with Gasteiger partial charge in [0.25, 0.3) is 12.3 Å². The molecule has 1 fully saturated rings. The number of nitrogens with one attached hydrogen (secondary N) is 2. The second kappa shape index (κ2) is 9.20. The summed E-state index contributed by atoms with van der Waals surface area (Å²) < 4.78 is 44.9. The van der Waals surface area contributed by atoms with Crippen LogP contribution < -0.4 is 10.1 Å². The number of nitrogens with zero attached hydrogens (tertiary/aromatic N) is 2. The van der Waals surface area contributed by atoms with Gasteiger partial charge >= 0.3 is 0 Å². The Bertz CT molecular complexity index is 1330. The molecule has 1 aromatic heterocycles. The second-order valence-corrected chi connectivity index (χ2v) is 8.72. The molecule has 0 unspecified atom stereocenters. The summed E-state index contributed by atoms with van der Waals surface area (Å²) in [7, 11) is 0. The van der Waals surface area contributed by atoms with E-state index in [0.29, 0.717) is 41.2 Å². The Kier molecular flexibility index (Phi) is 6.08. The Morgan fingerprint density at radius 1 is 1.31 bits per heavy atom. The fraction of sp³-hybridized carbons (Fsp3) is 0.320. The molecule has 0 radical (unpaired) electrons. The van der Waals surface area contributed by atoms with Crippen molar-refractivity contribution < 1.29 is 27.8 Å². The third-order valence-electron chi connectivity index (χ3n) is 5.68. The lowest BCUT2D eigenvalue weighted by Gasteiger charge is -2.17. The van der Waals surface area contributed by atoms with Crippen molar-refractivity contribution in [2.75, 3.05) is 13.2 Å². The summed E-state index contributed by atoms with van der Waals surface area (Å²) in [6, 6.07) is 9.51. The van der Waals surface area contributed by atoms with Crippen LogP contribution in [0.15, 0.2) is 53.7 Å². The first kappa shape index (κ1) is 23.1. The van der Waals surface area contributed by atoms with Crippen LogP contribution in [0.2, 0.25) is 0 Å². The number of carbonyl (C=O) groups is 1. The van der Waals surface area contributed by atoms with Crippen molar-refractivity contribution in [1.82, 2.24) is 15.3 Å². The molecule has 10 heteroatoms.